The lowest BCUT2D eigenvalue weighted by Crippen LogP contribution is -2.43. The van der Waals surface area contributed by atoms with Crippen LogP contribution in [0.5, 0.6) is 5.88 Å². The summed E-state index contributed by atoms with van der Waals surface area (Å²) in [5, 5.41) is 7.05. The molecule has 1 fully saturated rings. The first-order valence-electron chi connectivity index (χ1n) is 12.3. The quantitative estimate of drug-likeness (QED) is 0.268. The molecule has 11 heteroatoms. The van der Waals surface area contributed by atoms with Crippen LogP contribution in [0.4, 0.5) is 21.7 Å². The molecular formula is C26H33FN6O4. The Bertz CT molecular complexity index is 1230. The number of hydrogen-bond acceptors (Lipinski definition) is 9. The van der Waals surface area contributed by atoms with Crippen LogP contribution in [0.3, 0.4) is 0 Å². The van der Waals surface area contributed by atoms with Gasteiger partial charge in [0.1, 0.15) is 12.4 Å². The number of hydrogen-bond donors (Lipinski definition) is 4. The van der Waals surface area contributed by atoms with Gasteiger partial charge in [-0.2, -0.15) is 0 Å². The fourth-order valence-corrected chi connectivity index (χ4v) is 4.24. The Morgan fingerprint density at radius 1 is 1.05 bits per heavy atom. The lowest BCUT2D eigenvalue weighted by atomic mass is 9.91. The Balaban J connectivity index is 1.48. The Morgan fingerprint density at radius 2 is 1.86 bits per heavy atom. The molecule has 0 saturated heterocycles. The van der Waals surface area contributed by atoms with Crippen LogP contribution in [0.1, 0.15) is 36.0 Å². The predicted molar refractivity (Wildman–Crippen MR) is 140 cm³/mol. The molecule has 3 aromatic rings. The standard InChI is InChI=1S/C26H33FN6O4/c1-35-10-11-36-12-13-37-23-9-6-16-14-17(7-8-21(16)31-23)30-25-18(24(29)34)15-19(27)26(33-25)32-22-5-3-2-4-20(22)28/h6-9,14-15,20,22H,2-5,10-13,28H2,1H3,(H2,29,34)(H2,30,32,33)/t20-,22+/m0/s1. The summed E-state index contributed by atoms with van der Waals surface area (Å²) < 4.78 is 30.8. The third-order valence-electron chi connectivity index (χ3n) is 6.22. The first-order valence-corrected chi connectivity index (χ1v) is 12.3. The average Bonchev–Trinajstić information content (AvgIpc) is 2.89. The van der Waals surface area contributed by atoms with E-state index in [4.69, 9.17) is 25.7 Å². The lowest BCUT2D eigenvalue weighted by Gasteiger charge is -2.30. The molecule has 1 aliphatic carbocycles. The summed E-state index contributed by atoms with van der Waals surface area (Å²) in [4.78, 5) is 20.9. The Morgan fingerprint density at radius 3 is 2.65 bits per heavy atom. The number of pyridine rings is 2. The van der Waals surface area contributed by atoms with Crippen molar-refractivity contribution in [2.75, 3.05) is 44.2 Å². The van der Waals surface area contributed by atoms with E-state index in [1.807, 2.05) is 18.2 Å². The fraction of sp³-hybridized carbons (Fsp3) is 0.423. The van der Waals surface area contributed by atoms with E-state index in [2.05, 4.69) is 20.6 Å². The number of primary amides is 1. The van der Waals surface area contributed by atoms with Crippen LogP contribution in [-0.2, 0) is 9.47 Å². The zero-order chi connectivity index (χ0) is 26.2. The van der Waals surface area contributed by atoms with E-state index in [1.165, 1.54) is 0 Å². The Labute approximate surface area is 214 Å². The van der Waals surface area contributed by atoms with Gasteiger partial charge in [-0.05, 0) is 43.2 Å². The van der Waals surface area contributed by atoms with Crippen LogP contribution in [0.2, 0.25) is 0 Å². The minimum absolute atomic E-state index is 0.0327. The average molecular weight is 513 g/mol. The number of rotatable bonds is 12. The predicted octanol–water partition coefficient (Wildman–Crippen LogP) is 3.33. The highest BCUT2D eigenvalue weighted by atomic mass is 19.1. The van der Waals surface area contributed by atoms with E-state index in [-0.39, 0.29) is 29.3 Å². The lowest BCUT2D eigenvalue weighted by molar-refractivity contribution is 0.0537. The summed E-state index contributed by atoms with van der Waals surface area (Å²) in [5.74, 6) is -0.773. The van der Waals surface area contributed by atoms with Crippen molar-refractivity contribution in [3.05, 3.63) is 47.8 Å². The molecule has 37 heavy (non-hydrogen) atoms. The highest BCUT2D eigenvalue weighted by molar-refractivity contribution is 5.99. The second-order valence-corrected chi connectivity index (χ2v) is 8.91. The number of nitrogens with zero attached hydrogens (tertiary/aromatic N) is 2. The molecule has 0 unspecified atom stereocenters. The third-order valence-corrected chi connectivity index (χ3v) is 6.22. The maximum absolute atomic E-state index is 14.8. The topological polar surface area (TPSA) is 147 Å². The number of benzene rings is 1. The van der Waals surface area contributed by atoms with E-state index >= 15 is 0 Å². The molecule has 1 aliphatic rings. The van der Waals surface area contributed by atoms with Crippen molar-refractivity contribution in [2.24, 2.45) is 11.5 Å². The molecule has 1 amide bonds. The third kappa shape index (κ3) is 7.03. The Kier molecular flexibility index (Phi) is 9.04. The summed E-state index contributed by atoms with van der Waals surface area (Å²) >= 11 is 0. The summed E-state index contributed by atoms with van der Waals surface area (Å²) in [6.07, 6.45) is 3.75. The first-order chi connectivity index (χ1) is 17.9. The maximum atomic E-state index is 14.8. The molecule has 2 atom stereocenters. The number of methoxy groups -OCH3 is 1. The number of carbonyl (C=O) groups is 1. The van der Waals surface area contributed by atoms with Crippen molar-refractivity contribution in [2.45, 2.75) is 37.8 Å². The SMILES string of the molecule is COCCOCCOc1ccc2cc(Nc3nc(N[C@@H]4CCCC[C@@H]4N)c(F)cc3C(N)=O)ccc2n1. The van der Waals surface area contributed by atoms with Crippen LogP contribution >= 0.6 is 0 Å². The number of nitrogens with two attached hydrogens (primary N) is 2. The largest absolute Gasteiger partial charge is 0.475 e. The van der Waals surface area contributed by atoms with Crippen molar-refractivity contribution >= 4 is 34.1 Å². The van der Waals surface area contributed by atoms with Crippen LogP contribution in [0, 0.1) is 5.82 Å². The molecule has 6 N–H and O–H groups in total. The number of halogens is 1. The highest BCUT2D eigenvalue weighted by Gasteiger charge is 2.24. The van der Waals surface area contributed by atoms with Crippen molar-refractivity contribution in [3.63, 3.8) is 0 Å². The van der Waals surface area contributed by atoms with E-state index < -0.39 is 11.7 Å². The molecule has 0 radical (unpaired) electrons. The van der Waals surface area contributed by atoms with Crippen molar-refractivity contribution in [3.8, 4) is 5.88 Å². The maximum Gasteiger partial charge on any atom is 0.252 e. The molecule has 4 rings (SSSR count). The van der Waals surface area contributed by atoms with Gasteiger partial charge < -0.3 is 36.3 Å². The van der Waals surface area contributed by atoms with Crippen LogP contribution in [0.15, 0.2) is 36.4 Å². The molecule has 1 aromatic carbocycles. The van der Waals surface area contributed by atoms with E-state index in [1.54, 1.807) is 19.2 Å². The van der Waals surface area contributed by atoms with Gasteiger partial charge in [0.15, 0.2) is 11.6 Å². The second-order valence-electron chi connectivity index (χ2n) is 8.91. The monoisotopic (exact) mass is 512 g/mol. The van der Waals surface area contributed by atoms with Gasteiger partial charge in [-0.15, -0.1) is 0 Å². The smallest absolute Gasteiger partial charge is 0.252 e. The molecule has 2 heterocycles. The van der Waals surface area contributed by atoms with Gasteiger partial charge in [0.2, 0.25) is 5.88 Å². The number of amides is 1. The van der Waals surface area contributed by atoms with Gasteiger partial charge in [0.25, 0.3) is 5.91 Å². The summed E-state index contributed by atoms with van der Waals surface area (Å²) in [5.41, 5.74) is 13.0. The fourth-order valence-electron chi connectivity index (χ4n) is 4.24. The number of carbonyl (C=O) groups excluding carboxylic acids is 1. The van der Waals surface area contributed by atoms with Crippen molar-refractivity contribution in [1.29, 1.82) is 0 Å². The molecule has 0 spiro atoms. The summed E-state index contributed by atoms with van der Waals surface area (Å²) in [6.45, 7) is 1.84. The first kappa shape index (κ1) is 26.5. The Hall–Kier alpha value is -3.54. The molecule has 1 saturated carbocycles. The van der Waals surface area contributed by atoms with Gasteiger partial charge >= 0.3 is 0 Å². The number of nitrogens with one attached hydrogen (secondary N) is 2. The van der Waals surface area contributed by atoms with Crippen LogP contribution < -0.4 is 26.8 Å². The molecule has 2 aromatic heterocycles. The van der Waals surface area contributed by atoms with Gasteiger partial charge in [-0.1, -0.05) is 12.8 Å². The van der Waals surface area contributed by atoms with E-state index in [9.17, 15) is 9.18 Å². The minimum Gasteiger partial charge on any atom is -0.475 e. The summed E-state index contributed by atoms with van der Waals surface area (Å²) in [6, 6.07) is 10.00. The number of aromatic nitrogens is 2. The summed E-state index contributed by atoms with van der Waals surface area (Å²) in [7, 11) is 1.62. The second kappa shape index (κ2) is 12.6. The van der Waals surface area contributed by atoms with Crippen molar-refractivity contribution < 1.29 is 23.4 Å². The zero-order valence-corrected chi connectivity index (χ0v) is 20.8. The van der Waals surface area contributed by atoms with E-state index in [0.717, 1.165) is 42.7 Å². The van der Waals surface area contributed by atoms with Gasteiger partial charge in [0, 0.05) is 36.3 Å². The van der Waals surface area contributed by atoms with Crippen molar-refractivity contribution in [1.82, 2.24) is 9.97 Å². The number of fused-ring (bicyclic) bond motifs is 1. The van der Waals surface area contributed by atoms with Gasteiger partial charge in [0.05, 0.1) is 30.9 Å². The zero-order valence-electron chi connectivity index (χ0n) is 20.8. The molecule has 198 valence electrons. The van der Waals surface area contributed by atoms with Gasteiger partial charge in [-0.3, -0.25) is 4.79 Å². The van der Waals surface area contributed by atoms with E-state index in [0.29, 0.717) is 38.0 Å². The molecule has 0 bridgehead atoms. The van der Waals surface area contributed by atoms with Crippen LogP contribution in [0.25, 0.3) is 10.9 Å². The molecule has 0 aliphatic heterocycles. The number of ether oxygens (including phenoxy) is 3. The van der Waals surface area contributed by atoms with Gasteiger partial charge in [-0.25, -0.2) is 14.4 Å². The van der Waals surface area contributed by atoms with Crippen LogP contribution in [-0.4, -0.2) is 61.5 Å². The minimum atomic E-state index is -0.787. The normalized spacial score (nSPS) is 17.5. The highest BCUT2D eigenvalue weighted by Crippen LogP contribution is 2.28. The molecule has 10 nitrogen and oxygen atoms in total. The molecular weight excluding hydrogens is 479 g/mol. The number of anilines is 3.